The lowest BCUT2D eigenvalue weighted by Crippen LogP contribution is -2.50. The SMILES string of the molecule is CC1CCNCC1NC(=O)CCc1nc(-c2ccncc2)no1. The van der Waals surface area contributed by atoms with Gasteiger partial charge in [-0.05, 0) is 31.0 Å². The molecule has 0 radical (unpaired) electrons. The van der Waals surface area contributed by atoms with Gasteiger partial charge in [-0.3, -0.25) is 9.78 Å². The van der Waals surface area contributed by atoms with Crippen LogP contribution in [0.5, 0.6) is 0 Å². The van der Waals surface area contributed by atoms with Crippen molar-refractivity contribution >= 4 is 5.91 Å². The molecule has 0 spiro atoms. The van der Waals surface area contributed by atoms with Crippen molar-refractivity contribution in [2.75, 3.05) is 13.1 Å². The monoisotopic (exact) mass is 315 g/mol. The van der Waals surface area contributed by atoms with Crippen LogP contribution >= 0.6 is 0 Å². The molecule has 3 rings (SSSR count). The van der Waals surface area contributed by atoms with Crippen LogP contribution < -0.4 is 10.6 Å². The van der Waals surface area contributed by atoms with Crippen molar-refractivity contribution in [1.29, 1.82) is 0 Å². The Balaban J connectivity index is 1.50. The van der Waals surface area contributed by atoms with Crippen molar-refractivity contribution in [3.05, 3.63) is 30.4 Å². The minimum Gasteiger partial charge on any atom is -0.352 e. The summed E-state index contributed by atoms with van der Waals surface area (Å²) in [5.74, 6) is 1.52. The summed E-state index contributed by atoms with van der Waals surface area (Å²) in [6.45, 7) is 4.03. The van der Waals surface area contributed by atoms with E-state index in [1.54, 1.807) is 12.4 Å². The van der Waals surface area contributed by atoms with Gasteiger partial charge in [-0.15, -0.1) is 0 Å². The molecule has 1 aliphatic heterocycles. The van der Waals surface area contributed by atoms with Crippen LogP contribution in [0.25, 0.3) is 11.4 Å². The molecule has 2 atom stereocenters. The van der Waals surface area contributed by atoms with Crippen LogP contribution in [0.2, 0.25) is 0 Å². The van der Waals surface area contributed by atoms with Gasteiger partial charge >= 0.3 is 0 Å². The number of rotatable bonds is 5. The molecular formula is C16H21N5O2. The van der Waals surface area contributed by atoms with Gasteiger partial charge in [0.2, 0.25) is 17.6 Å². The van der Waals surface area contributed by atoms with Gasteiger partial charge in [0.05, 0.1) is 0 Å². The van der Waals surface area contributed by atoms with E-state index >= 15 is 0 Å². The fourth-order valence-electron chi connectivity index (χ4n) is 2.66. The zero-order valence-electron chi connectivity index (χ0n) is 13.2. The smallest absolute Gasteiger partial charge is 0.227 e. The Bertz CT molecular complexity index is 643. The number of carbonyl (C=O) groups is 1. The third kappa shape index (κ3) is 4.13. The normalized spacial score (nSPS) is 21.1. The van der Waals surface area contributed by atoms with Crippen LogP contribution in [0.4, 0.5) is 0 Å². The lowest BCUT2D eigenvalue weighted by Gasteiger charge is -2.30. The summed E-state index contributed by atoms with van der Waals surface area (Å²) >= 11 is 0. The van der Waals surface area contributed by atoms with E-state index in [4.69, 9.17) is 4.52 Å². The van der Waals surface area contributed by atoms with E-state index in [9.17, 15) is 4.79 Å². The highest BCUT2D eigenvalue weighted by atomic mass is 16.5. The second kappa shape index (κ2) is 7.32. The van der Waals surface area contributed by atoms with Crippen molar-refractivity contribution in [3.63, 3.8) is 0 Å². The first-order chi connectivity index (χ1) is 11.2. The molecule has 1 fully saturated rings. The predicted octanol–water partition coefficient (Wildman–Crippen LogP) is 1.18. The van der Waals surface area contributed by atoms with Gasteiger partial charge in [0.15, 0.2) is 0 Å². The number of carbonyl (C=O) groups excluding carboxylic acids is 1. The minimum atomic E-state index is 0.0224. The number of aromatic nitrogens is 3. The van der Waals surface area contributed by atoms with Crippen LogP contribution in [0, 0.1) is 5.92 Å². The molecule has 23 heavy (non-hydrogen) atoms. The van der Waals surface area contributed by atoms with Gasteiger partial charge in [-0.1, -0.05) is 12.1 Å². The quantitative estimate of drug-likeness (QED) is 0.860. The lowest BCUT2D eigenvalue weighted by molar-refractivity contribution is -0.122. The summed E-state index contributed by atoms with van der Waals surface area (Å²) in [4.78, 5) is 20.3. The molecule has 0 saturated carbocycles. The molecule has 0 bridgehead atoms. The molecule has 0 aromatic carbocycles. The Morgan fingerprint density at radius 2 is 2.26 bits per heavy atom. The Kier molecular flexibility index (Phi) is 4.97. The van der Waals surface area contributed by atoms with Gasteiger partial charge in [-0.2, -0.15) is 4.98 Å². The average Bonchev–Trinajstić information content (AvgIpc) is 3.05. The minimum absolute atomic E-state index is 0.0224. The largest absolute Gasteiger partial charge is 0.352 e. The van der Waals surface area contributed by atoms with Gasteiger partial charge in [0.1, 0.15) is 0 Å². The van der Waals surface area contributed by atoms with Gasteiger partial charge in [0.25, 0.3) is 0 Å². The molecule has 1 saturated heterocycles. The number of piperidine rings is 1. The predicted molar refractivity (Wildman–Crippen MR) is 84.4 cm³/mol. The molecule has 1 amide bonds. The first-order valence-corrected chi connectivity index (χ1v) is 7.95. The van der Waals surface area contributed by atoms with Crippen LogP contribution in [-0.4, -0.2) is 40.2 Å². The number of hydrogen-bond donors (Lipinski definition) is 2. The Morgan fingerprint density at radius 3 is 3.04 bits per heavy atom. The number of amides is 1. The number of hydrogen-bond acceptors (Lipinski definition) is 6. The molecule has 2 aromatic heterocycles. The van der Waals surface area contributed by atoms with E-state index in [0.717, 1.165) is 25.1 Å². The number of nitrogens with one attached hydrogen (secondary N) is 2. The van der Waals surface area contributed by atoms with Crippen LogP contribution in [0.1, 0.15) is 25.7 Å². The van der Waals surface area contributed by atoms with Crippen LogP contribution in [0.15, 0.2) is 29.0 Å². The molecule has 2 unspecified atom stereocenters. The lowest BCUT2D eigenvalue weighted by atomic mass is 9.95. The topological polar surface area (TPSA) is 92.9 Å². The first kappa shape index (κ1) is 15.6. The molecule has 7 nitrogen and oxygen atoms in total. The van der Waals surface area contributed by atoms with Crippen molar-refractivity contribution in [2.45, 2.75) is 32.2 Å². The fraction of sp³-hybridized carbons (Fsp3) is 0.500. The maximum atomic E-state index is 12.1. The number of nitrogens with zero attached hydrogens (tertiary/aromatic N) is 3. The third-order valence-electron chi connectivity index (χ3n) is 4.15. The van der Waals surface area contributed by atoms with E-state index in [1.165, 1.54) is 0 Å². The van der Waals surface area contributed by atoms with Gasteiger partial charge in [-0.25, -0.2) is 0 Å². The molecule has 1 aliphatic rings. The molecule has 2 aromatic rings. The number of pyridine rings is 1. The second-order valence-electron chi connectivity index (χ2n) is 5.89. The highest BCUT2D eigenvalue weighted by Crippen LogP contribution is 2.15. The maximum Gasteiger partial charge on any atom is 0.227 e. The van der Waals surface area contributed by atoms with E-state index < -0.39 is 0 Å². The summed E-state index contributed by atoms with van der Waals surface area (Å²) in [5.41, 5.74) is 0.849. The van der Waals surface area contributed by atoms with Gasteiger partial charge in [0, 0.05) is 43.4 Å². The van der Waals surface area contributed by atoms with Crippen molar-refractivity contribution in [2.24, 2.45) is 5.92 Å². The Labute approximate surface area is 134 Å². The number of aryl methyl sites for hydroxylation is 1. The zero-order chi connectivity index (χ0) is 16.1. The highest BCUT2D eigenvalue weighted by Gasteiger charge is 2.22. The molecule has 0 aliphatic carbocycles. The summed E-state index contributed by atoms with van der Waals surface area (Å²) in [7, 11) is 0. The fourth-order valence-corrected chi connectivity index (χ4v) is 2.66. The zero-order valence-corrected chi connectivity index (χ0v) is 13.2. The summed E-state index contributed by atoms with van der Waals surface area (Å²) in [5, 5.41) is 10.3. The van der Waals surface area contributed by atoms with E-state index in [0.29, 0.717) is 30.5 Å². The maximum absolute atomic E-state index is 12.1. The molecule has 122 valence electrons. The van der Waals surface area contributed by atoms with E-state index in [2.05, 4.69) is 32.7 Å². The summed E-state index contributed by atoms with van der Waals surface area (Å²) < 4.78 is 5.21. The molecular weight excluding hydrogens is 294 g/mol. The van der Waals surface area contributed by atoms with Crippen molar-refractivity contribution in [1.82, 2.24) is 25.8 Å². The molecule has 2 N–H and O–H groups in total. The summed E-state index contributed by atoms with van der Waals surface area (Å²) in [6.07, 6.45) is 5.24. The van der Waals surface area contributed by atoms with Crippen molar-refractivity contribution in [3.8, 4) is 11.4 Å². The standard InChI is InChI=1S/C16H21N5O2/c1-11-4-7-18-10-13(11)19-14(22)2-3-15-20-16(21-23-15)12-5-8-17-9-6-12/h5-6,8-9,11,13,18H,2-4,7,10H2,1H3,(H,19,22). The van der Waals surface area contributed by atoms with Crippen LogP contribution in [-0.2, 0) is 11.2 Å². The van der Waals surface area contributed by atoms with E-state index in [1.807, 2.05) is 12.1 Å². The third-order valence-corrected chi connectivity index (χ3v) is 4.15. The molecule has 3 heterocycles. The highest BCUT2D eigenvalue weighted by molar-refractivity contribution is 5.76. The average molecular weight is 315 g/mol. The summed E-state index contributed by atoms with van der Waals surface area (Å²) in [6, 6.07) is 3.84. The van der Waals surface area contributed by atoms with Gasteiger partial charge < -0.3 is 15.2 Å². The van der Waals surface area contributed by atoms with E-state index in [-0.39, 0.29) is 11.9 Å². The first-order valence-electron chi connectivity index (χ1n) is 7.95. The van der Waals surface area contributed by atoms with Crippen molar-refractivity contribution < 1.29 is 9.32 Å². The Hall–Kier alpha value is -2.28. The second-order valence-corrected chi connectivity index (χ2v) is 5.89. The Morgan fingerprint density at radius 1 is 1.43 bits per heavy atom. The van der Waals surface area contributed by atoms with Crippen LogP contribution in [0.3, 0.4) is 0 Å². The molecule has 7 heteroatoms.